The molecule has 15 heavy (non-hydrogen) atoms. The van der Waals surface area contributed by atoms with Crippen LogP contribution in [0.5, 0.6) is 0 Å². The SMILES string of the molecule is NC1COC(COS(=O)(=O)[O-])[C@H](O)[C@@H]1O. The van der Waals surface area contributed by atoms with Crippen molar-refractivity contribution in [3.05, 3.63) is 0 Å². The maximum atomic E-state index is 10.1. The second kappa shape index (κ2) is 4.70. The van der Waals surface area contributed by atoms with Gasteiger partial charge >= 0.3 is 0 Å². The molecular weight excluding hydrogens is 230 g/mol. The Hall–Kier alpha value is -0.290. The van der Waals surface area contributed by atoms with Crippen LogP contribution in [0.3, 0.4) is 0 Å². The number of aliphatic hydroxyl groups is 2. The first-order valence-electron chi connectivity index (χ1n) is 4.15. The van der Waals surface area contributed by atoms with Gasteiger partial charge in [0.2, 0.25) is 10.4 Å². The van der Waals surface area contributed by atoms with Gasteiger partial charge in [-0.3, -0.25) is 4.18 Å². The molecule has 2 unspecified atom stereocenters. The van der Waals surface area contributed by atoms with Gasteiger partial charge in [-0.1, -0.05) is 0 Å². The van der Waals surface area contributed by atoms with Crippen molar-refractivity contribution in [3.8, 4) is 0 Å². The van der Waals surface area contributed by atoms with Crippen LogP contribution in [0.1, 0.15) is 0 Å². The lowest BCUT2D eigenvalue weighted by Crippen LogP contribution is -2.57. The Kier molecular flexibility index (Phi) is 4.00. The average molecular weight is 242 g/mol. The standard InChI is InChI=1S/C6H13NO7S/c7-3-1-13-4(6(9)5(3)8)2-14-15(10,11)12/h3-6,8-9H,1-2,7H2,(H,10,11,12)/p-1/t3?,4?,5-,6+/m1/s1. The Morgan fingerprint density at radius 3 is 2.60 bits per heavy atom. The second-order valence-corrected chi connectivity index (χ2v) is 4.26. The Bertz CT molecular complexity index is 305. The van der Waals surface area contributed by atoms with Gasteiger partial charge in [-0.2, -0.15) is 0 Å². The van der Waals surface area contributed by atoms with Gasteiger partial charge in [0.25, 0.3) is 0 Å². The van der Waals surface area contributed by atoms with Crippen LogP contribution >= 0.6 is 0 Å². The van der Waals surface area contributed by atoms with Gasteiger partial charge in [0.05, 0.1) is 25.4 Å². The largest absolute Gasteiger partial charge is 0.726 e. The van der Waals surface area contributed by atoms with Crippen molar-refractivity contribution in [2.75, 3.05) is 13.2 Å². The van der Waals surface area contributed by atoms with Crippen LogP contribution < -0.4 is 5.73 Å². The van der Waals surface area contributed by atoms with Gasteiger partial charge in [-0.05, 0) is 0 Å². The second-order valence-electron chi connectivity index (χ2n) is 3.21. The van der Waals surface area contributed by atoms with Crippen molar-refractivity contribution >= 4 is 10.4 Å². The summed E-state index contributed by atoms with van der Waals surface area (Å²) in [7, 11) is -4.83. The minimum atomic E-state index is -4.83. The highest BCUT2D eigenvalue weighted by Gasteiger charge is 2.36. The summed E-state index contributed by atoms with van der Waals surface area (Å²) >= 11 is 0. The van der Waals surface area contributed by atoms with Gasteiger partial charge in [0.1, 0.15) is 12.2 Å². The third kappa shape index (κ3) is 3.65. The Morgan fingerprint density at radius 1 is 1.47 bits per heavy atom. The number of rotatable bonds is 3. The summed E-state index contributed by atoms with van der Waals surface area (Å²) in [4.78, 5) is 0. The van der Waals surface area contributed by atoms with Crippen LogP contribution in [-0.4, -0.2) is 60.8 Å². The van der Waals surface area contributed by atoms with E-state index in [0.717, 1.165) is 0 Å². The van der Waals surface area contributed by atoms with Crippen LogP contribution in [0.25, 0.3) is 0 Å². The number of nitrogens with two attached hydrogens (primary N) is 1. The van der Waals surface area contributed by atoms with Crippen LogP contribution in [0.2, 0.25) is 0 Å². The van der Waals surface area contributed by atoms with Crippen molar-refractivity contribution in [1.82, 2.24) is 0 Å². The van der Waals surface area contributed by atoms with E-state index in [-0.39, 0.29) is 6.61 Å². The van der Waals surface area contributed by atoms with E-state index in [9.17, 15) is 23.2 Å². The van der Waals surface area contributed by atoms with Crippen LogP contribution in [-0.2, 0) is 19.3 Å². The Morgan fingerprint density at radius 2 is 2.07 bits per heavy atom. The fourth-order valence-electron chi connectivity index (χ4n) is 1.20. The molecule has 0 saturated carbocycles. The molecule has 1 aliphatic rings. The van der Waals surface area contributed by atoms with E-state index in [0.29, 0.717) is 0 Å². The normalized spacial score (nSPS) is 37.9. The third-order valence-corrected chi connectivity index (χ3v) is 2.47. The highest BCUT2D eigenvalue weighted by molar-refractivity contribution is 7.80. The summed E-state index contributed by atoms with van der Waals surface area (Å²) < 4.78 is 39.2. The van der Waals surface area contributed by atoms with E-state index in [4.69, 9.17) is 10.5 Å². The molecule has 0 aromatic carbocycles. The fourth-order valence-corrected chi connectivity index (χ4v) is 1.50. The maximum Gasteiger partial charge on any atom is 0.217 e. The summed E-state index contributed by atoms with van der Waals surface area (Å²) in [5, 5.41) is 18.7. The van der Waals surface area contributed by atoms with Crippen LogP contribution in [0.15, 0.2) is 0 Å². The van der Waals surface area contributed by atoms with E-state index < -0.39 is 41.4 Å². The average Bonchev–Trinajstić information content (AvgIpc) is 2.12. The molecule has 0 aromatic heterocycles. The molecule has 0 radical (unpaired) electrons. The van der Waals surface area contributed by atoms with Gasteiger partial charge in [-0.25, -0.2) is 8.42 Å². The molecule has 4 atom stereocenters. The van der Waals surface area contributed by atoms with Crippen molar-refractivity contribution in [3.63, 3.8) is 0 Å². The van der Waals surface area contributed by atoms with E-state index in [1.165, 1.54) is 0 Å². The zero-order valence-electron chi connectivity index (χ0n) is 7.64. The van der Waals surface area contributed by atoms with Crippen molar-refractivity contribution in [1.29, 1.82) is 0 Å². The molecule has 0 amide bonds. The lowest BCUT2D eigenvalue weighted by Gasteiger charge is -2.35. The Balaban J connectivity index is 2.50. The van der Waals surface area contributed by atoms with Crippen molar-refractivity contribution < 1.29 is 32.1 Å². The number of hydrogen-bond donors (Lipinski definition) is 3. The number of aliphatic hydroxyl groups excluding tert-OH is 2. The van der Waals surface area contributed by atoms with Gasteiger partial charge in [0.15, 0.2) is 0 Å². The highest BCUT2D eigenvalue weighted by atomic mass is 32.3. The topological polar surface area (TPSA) is 142 Å². The molecule has 0 aromatic rings. The van der Waals surface area contributed by atoms with Crippen LogP contribution in [0, 0.1) is 0 Å². The summed E-state index contributed by atoms with van der Waals surface area (Å²) in [6, 6.07) is -0.750. The number of ether oxygens (including phenoxy) is 1. The molecule has 8 nitrogen and oxygen atoms in total. The number of hydrogen-bond acceptors (Lipinski definition) is 8. The first-order chi connectivity index (χ1) is 6.81. The molecule has 1 aliphatic heterocycles. The predicted molar refractivity (Wildman–Crippen MR) is 45.4 cm³/mol. The predicted octanol–water partition coefficient (Wildman–Crippen LogP) is -3.09. The zero-order valence-corrected chi connectivity index (χ0v) is 8.46. The molecular formula is C6H12NO7S-. The molecule has 1 fully saturated rings. The Labute approximate surface area is 86.6 Å². The zero-order chi connectivity index (χ0) is 11.6. The van der Waals surface area contributed by atoms with Gasteiger partial charge in [-0.15, -0.1) is 0 Å². The molecule has 90 valence electrons. The summed E-state index contributed by atoms with van der Waals surface area (Å²) in [5.41, 5.74) is 5.36. The first kappa shape index (κ1) is 12.8. The third-order valence-electron chi connectivity index (χ3n) is 2.05. The summed E-state index contributed by atoms with van der Waals surface area (Å²) in [6.45, 7) is -0.693. The highest BCUT2D eigenvalue weighted by Crippen LogP contribution is 2.15. The van der Waals surface area contributed by atoms with E-state index >= 15 is 0 Å². The maximum absolute atomic E-state index is 10.1. The monoisotopic (exact) mass is 242 g/mol. The lowest BCUT2D eigenvalue weighted by molar-refractivity contribution is -0.153. The molecule has 4 N–H and O–H groups in total. The smallest absolute Gasteiger partial charge is 0.217 e. The first-order valence-corrected chi connectivity index (χ1v) is 5.48. The van der Waals surface area contributed by atoms with E-state index in [2.05, 4.69) is 4.18 Å². The van der Waals surface area contributed by atoms with Crippen LogP contribution in [0.4, 0.5) is 0 Å². The quantitative estimate of drug-likeness (QED) is 0.349. The molecule has 1 saturated heterocycles. The lowest BCUT2D eigenvalue weighted by atomic mass is 9.99. The molecule has 0 aliphatic carbocycles. The van der Waals surface area contributed by atoms with Gasteiger partial charge < -0.3 is 25.2 Å². The van der Waals surface area contributed by atoms with E-state index in [1.807, 2.05) is 0 Å². The molecule has 1 rings (SSSR count). The minimum Gasteiger partial charge on any atom is -0.726 e. The molecule has 9 heteroatoms. The fraction of sp³-hybridized carbons (Fsp3) is 1.00. The van der Waals surface area contributed by atoms with Crippen molar-refractivity contribution in [2.45, 2.75) is 24.4 Å². The molecule has 0 spiro atoms. The minimum absolute atomic E-state index is 0.0504. The van der Waals surface area contributed by atoms with Gasteiger partial charge in [0, 0.05) is 0 Å². The summed E-state index contributed by atoms with van der Waals surface area (Å²) in [5.74, 6) is 0. The molecule has 1 heterocycles. The molecule has 0 bridgehead atoms. The summed E-state index contributed by atoms with van der Waals surface area (Å²) in [6.07, 6.45) is -3.69. The van der Waals surface area contributed by atoms with E-state index in [1.54, 1.807) is 0 Å². The van der Waals surface area contributed by atoms with Crippen molar-refractivity contribution in [2.24, 2.45) is 5.73 Å².